The molecule has 1 aliphatic carbocycles. The molecule has 7 heteroatoms. The number of amides is 1. The Labute approximate surface area is 138 Å². The van der Waals surface area contributed by atoms with Crippen molar-refractivity contribution in [2.24, 2.45) is 17.8 Å². The lowest BCUT2D eigenvalue weighted by molar-refractivity contribution is -0.147. The molecule has 3 heterocycles. The van der Waals surface area contributed by atoms with Gasteiger partial charge in [-0.3, -0.25) is 9.59 Å². The van der Waals surface area contributed by atoms with Crippen LogP contribution in [0.2, 0.25) is 0 Å². The number of carboxylic acid groups (broad SMARTS) is 1. The minimum Gasteiger partial charge on any atom is -0.481 e. The monoisotopic (exact) mass is 336 g/mol. The topological polar surface area (TPSA) is 88.5 Å². The molecule has 0 radical (unpaired) electrons. The first-order valence-corrected chi connectivity index (χ1v) is 9.02. The second-order valence-electron chi connectivity index (χ2n) is 6.91. The molecule has 2 bridgehead atoms. The van der Waals surface area contributed by atoms with Crippen LogP contribution in [0.3, 0.4) is 0 Å². The van der Waals surface area contributed by atoms with Crippen molar-refractivity contribution in [3.8, 4) is 0 Å². The SMILES string of the molecule is C[C@@H]1CCc2nc(NC(=O)[C@H]3[C@@H](C(=O)O)[C@@H]4CC[C@@H]3O4)sc2C1. The summed E-state index contributed by atoms with van der Waals surface area (Å²) in [5.74, 6) is -1.88. The second-order valence-corrected chi connectivity index (χ2v) is 7.99. The zero-order chi connectivity index (χ0) is 16.1. The molecule has 2 fully saturated rings. The number of carbonyl (C=O) groups is 2. The number of carboxylic acids is 1. The van der Waals surface area contributed by atoms with Crippen LogP contribution in [0, 0.1) is 17.8 Å². The quantitative estimate of drug-likeness (QED) is 0.882. The number of aliphatic carboxylic acids is 1. The Morgan fingerprint density at radius 2 is 2.00 bits per heavy atom. The second kappa shape index (κ2) is 5.56. The van der Waals surface area contributed by atoms with Gasteiger partial charge in [0.25, 0.3) is 0 Å². The maximum atomic E-state index is 12.6. The summed E-state index contributed by atoms with van der Waals surface area (Å²) < 4.78 is 5.65. The maximum absolute atomic E-state index is 12.6. The van der Waals surface area contributed by atoms with Gasteiger partial charge < -0.3 is 15.2 Å². The summed E-state index contributed by atoms with van der Waals surface area (Å²) in [4.78, 5) is 29.9. The van der Waals surface area contributed by atoms with Crippen molar-refractivity contribution in [3.63, 3.8) is 0 Å². The number of rotatable bonds is 3. The Balaban J connectivity index is 1.51. The van der Waals surface area contributed by atoms with Gasteiger partial charge in [0.15, 0.2) is 5.13 Å². The van der Waals surface area contributed by atoms with Crippen LogP contribution in [0.4, 0.5) is 5.13 Å². The first-order valence-electron chi connectivity index (χ1n) is 8.20. The van der Waals surface area contributed by atoms with Crippen molar-refractivity contribution in [1.82, 2.24) is 4.98 Å². The molecule has 5 atom stereocenters. The Hall–Kier alpha value is -1.47. The summed E-state index contributed by atoms with van der Waals surface area (Å²) in [7, 11) is 0. The molecule has 6 nitrogen and oxygen atoms in total. The molecule has 1 amide bonds. The summed E-state index contributed by atoms with van der Waals surface area (Å²) in [5.41, 5.74) is 1.09. The highest BCUT2D eigenvalue weighted by atomic mass is 32.1. The van der Waals surface area contributed by atoms with Gasteiger partial charge in [0.05, 0.1) is 29.7 Å². The number of carbonyl (C=O) groups excluding carboxylic acids is 1. The van der Waals surface area contributed by atoms with E-state index >= 15 is 0 Å². The Morgan fingerprint density at radius 1 is 1.26 bits per heavy atom. The number of aryl methyl sites for hydroxylation is 1. The van der Waals surface area contributed by atoms with E-state index in [4.69, 9.17) is 4.74 Å². The van der Waals surface area contributed by atoms with Gasteiger partial charge in [-0.25, -0.2) is 4.98 Å². The Kier molecular flexibility index (Phi) is 3.65. The maximum Gasteiger partial charge on any atom is 0.310 e. The number of hydrogen-bond acceptors (Lipinski definition) is 5. The molecular formula is C16H20N2O4S. The van der Waals surface area contributed by atoms with E-state index in [1.165, 1.54) is 16.2 Å². The van der Waals surface area contributed by atoms with Gasteiger partial charge in [-0.05, 0) is 38.0 Å². The summed E-state index contributed by atoms with van der Waals surface area (Å²) in [6.07, 6.45) is 4.00. The molecule has 4 rings (SSSR count). The molecule has 2 aliphatic heterocycles. The fourth-order valence-corrected chi connectivity index (χ4v) is 5.28. The zero-order valence-electron chi connectivity index (χ0n) is 12.9. The molecule has 0 spiro atoms. The number of ether oxygens (including phenoxy) is 1. The van der Waals surface area contributed by atoms with Crippen LogP contribution < -0.4 is 5.32 Å². The molecule has 0 unspecified atom stereocenters. The van der Waals surface area contributed by atoms with Crippen LogP contribution in [0.1, 0.15) is 36.8 Å². The third-order valence-electron chi connectivity index (χ3n) is 5.28. The molecule has 0 saturated carbocycles. The summed E-state index contributed by atoms with van der Waals surface area (Å²) >= 11 is 1.52. The van der Waals surface area contributed by atoms with Crippen molar-refractivity contribution in [2.75, 3.05) is 5.32 Å². The average molecular weight is 336 g/mol. The van der Waals surface area contributed by atoms with Crippen molar-refractivity contribution in [1.29, 1.82) is 0 Å². The van der Waals surface area contributed by atoms with Gasteiger partial charge >= 0.3 is 5.97 Å². The average Bonchev–Trinajstić information content (AvgIpc) is 3.18. The Morgan fingerprint density at radius 3 is 2.74 bits per heavy atom. The van der Waals surface area contributed by atoms with Crippen LogP contribution in [0.15, 0.2) is 0 Å². The molecule has 23 heavy (non-hydrogen) atoms. The summed E-state index contributed by atoms with van der Waals surface area (Å²) in [5, 5.41) is 12.9. The molecule has 2 saturated heterocycles. The minimum absolute atomic E-state index is 0.260. The number of nitrogens with zero attached hydrogens (tertiary/aromatic N) is 1. The van der Waals surface area contributed by atoms with E-state index in [0.717, 1.165) is 37.8 Å². The van der Waals surface area contributed by atoms with Gasteiger partial charge in [0.1, 0.15) is 0 Å². The molecule has 0 aromatic carbocycles. The number of fused-ring (bicyclic) bond motifs is 3. The fraction of sp³-hybridized carbons (Fsp3) is 0.688. The van der Waals surface area contributed by atoms with E-state index in [1.807, 2.05) is 0 Å². The highest BCUT2D eigenvalue weighted by Gasteiger charge is 2.55. The number of nitrogens with one attached hydrogen (secondary N) is 1. The van der Waals surface area contributed by atoms with Crippen LogP contribution in [0.25, 0.3) is 0 Å². The van der Waals surface area contributed by atoms with Crippen molar-refractivity contribution >= 4 is 28.3 Å². The molecular weight excluding hydrogens is 316 g/mol. The molecule has 2 N–H and O–H groups in total. The number of aromatic nitrogens is 1. The van der Waals surface area contributed by atoms with E-state index < -0.39 is 17.8 Å². The molecule has 124 valence electrons. The highest BCUT2D eigenvalue weighted by molar-refractivity contribution is 7.15. The van der Waals surface area contributed by atoms with Gasteiger partial charge in [0, 0.05) is 4.88 Å². The van der Waals surface area contributed by atoms with E-state index in [0.29, 0.717) is 11.0 Å². The predicted octanol–water partition coefficient (Wildman–Crippen LogP) is 2.08. The lowest BCUT2D eigenvalue weighted by Crippen LogP contribution is -2.40. The lowest BCUT2D eigenvalue weighted by Gasteiger charge is -2.23. The number of anilines is 1. The third-order valence-corrected chi connectivity index (χ3v) is 6.31. The first kappa shape index (κ1) is 15.1. The third kappa shape index (κ3) is 2.55. The van der Waals surface area contributed by atoms with Crippen LogP contribution in [-0.2, 0) is 27.2 Å². The molecule has 1 aromatic rings. The van der Waals surface area contributed by atoms with E-state index in [9.17, 15) is 14.7 Å². The standard InChI is InChI=1S/C16H20N2O4S/c1-7-2-3-8-11(6-7)23-16(17-8)18-14(19)12-9-4-5-10(22-9)13(12)15(20)21/h7,9-10,12-13H,2-6H2,1H3,(H,20,21)(H,17,18,19)/t7-,9+,10+,12-,13+/m1/s1. The van der Waals surface area contributed by atoms with Crippen molar-refractivity contribution < 1.29 is 19.4 Å². The number of thiazole rings is 1. The minimum atomic E-state index is -0.940. The Bertz CT molecular complexity index is 659. The van der Waals surface area contributed by atoms with E-state index in [1.54, 1.807) is 0 Å². The van der Waals surface area contributed by atoms with Gasteiger partial charge in [-0.15, -0.1) is 11.3 Å². The lowest BCUT2D eigenvalue weighted by atomic mass is 9.79. The number of hydrogen-bond donors (Lipinski definition) is 2. The largest absolute Gasteiger partial charge is 0.481 e. The van der Waals surface area contributed by atoms with Gasteiger partial charge in [-0.2, -0.15) is 0 Å². The van der Waals surface area contributed by atoms with Crippen LogP contribution in [-0.4, -0.2) is 34.2 Å². The van der Waals surface area contributed by atoms with Crippen molar-refractivity contribution in [3.05, 3.63) is 10.6 Å². The van der Waals surface area contributed by atoms with Crippen molar-refractivity contribution in [2.45, 2.75) is 51.2 Å². The molecule has 3 aliphatic rings. The van der Waals surface area contributed by atoms with Crippen LogP contribution >= 0.6 is 11.3 Å². The summed E-state index contributed by atoms with van der Waals surface area (Å²) in [6, 6.07) is 0. The normalized spacial score (nSPS) is 35.1. The van der Waals surface area contributed by atoms with Gasteiger partial charge in [-0.1, -0.05) is 6.92 Å². The zero-order valence-corrected chi connectivity index (χ0v) is 13.8. The molecule has 1 aromatic heterocycles. The fourth-order valence-electron chi connectivity index (χ4n) is 4.11. The van der Waals surface area contributed by atoms with E-state index in [-0.39, 0.29) is 18.1 Å². The van der Waals surface area contributed by atoms with Crippen LogP contribution in [0.5, 0.6) is 0 Å². The first-order chi connectivity index (χ1) is 11.0. The summed E-state index contributed by atoms with van der Waals surface area (Å²) in [6.45, 7) is 2.23. The van der Waals surface area contributed by atoms with Gasteiger partial charge in [0.2, 0.25) is 5.91 Å². The van der Waals surface area contributed by atoms with E-state index in [2.05, 4.69) is 17.2 Å². The highest BCUT2D eigenvalue weighted by Crippen LogP contribution is 2.44. The smallest absolute Gasteiger partial charge is 0.310 e. The predicted molar refractivity (Wildman–Crippen MR) is 84.4 cm³/mol.